The van der Waals surface area contributed by atoms with Gasteiger partial charge in [0.2, 0.25) is 11.6 Å². The highest BCUT2D eigenvalue weighted by Gasteiger charge is 2.31. The molecule has 0 saturated heterocycles. The molecule has 0 saturated carbocycles. The summed E-state index contributed by atoms with van der Waals surface area (Å²) in [4.78, 5) is 18.3. The molecule has 0 fully saturated rings. The van der Waals surface area contributed by atoms with Gasteiger partial charge < -0.3 is 10.6 Å². The Hall–Kier alpha value is -3.18. The van der Waals surface area contributed by atoms with Crippen LogP contribution < -0.4 is 10.6 Å². The summed E-state index contributed by atoms with van der Waals surface area (Å²) in [5.74, 6) is -1.41. The van der Waals surface area contributed by atoms with Crippen LogP contribution in [0.5, 0.6) is 0 Å². The summed E-state index contributed by atoms with van der Waals surface area (Å²) >= 11 is 11.6. The number of nitro groups is 1. The fourth-order valence-electron chi connectivity index (χ4n) is 2.37. The van der Waals surface area contributed by atoms with E-state index in [0.29, 0.717) is 6.07 Å². The molecule has 7 nitrogen and oxygen atoms in total. The molecule has 0 aliphatic rings. The Labute approximate surface area is 175 Å². The molecule has 3 rings (SSSR count). The monoisotopic (exact) mass is 461 g/mol. The Kier molecular flexibility index (Phi) is 5.94. The lowest BCUT2D eigenvalue weighted by Gasteiger charge is -2.13. The molecule has 0 radical (unpaired) electrons. The number of anilines is 4. The van der Waals surface area contributed by atoms with Crippen molar-refractivity contribution in [2.24, 2.45) is 0 Å². The first-order valence-electron chi connectivity index (χ1n) is 7.91. The van der Waals surface area contributed by atoms with Crippen LogP contribution in [0.4, 0.5) is 46.3 Å². The van der Waals surface area contributed by atoms with Crippen LogP contribution in [0.25, 0.3) is 0 Å². The average molecular weight is 462 g/mol. The molecule has 156 valence electrons. The Morgan fingerprint density at radius 2 is 1.63 bits per heavy atom. The van der Waals surface area contributed by atoms with Crippen molar-refractivity contribution >= 4 is 51.9 Å². The van der Waals surface area contributed by atoms with Gasteiger partial charge in [0.15, 0.2) is 0 Å². The standard InChI is InChI=1S/C17H9Cl2F4N5O2/c18-10-3-1-8(17(21,22)23)5-13(10)27-16-14(28(29)30)15(24-7-25-16)26-9-2-4-12(20)11(19)6-9/h1-7H,(H2,24,25,26,27). The molecule has 0 spiro atoms. The number of aromatic nitrogens is 2. The number of halogens is 6. The molecule has 0 unspecified atom stereocenters. The number of nitrogens with one attached hydrogen (secondary N) is 2. The highest BCUT2D eigenvalue weighted by Crippen LogP contribution is 2.38. The topological polar surface area (TPSA) is 93.0 Å². The van der Waals surface area contributed by atoms with Gasteiger partial charge in [-0.15, -0.1) is 0 Å². The van der Waals surface area contributed by atoms with Gasteiger partial charge in [0.1, 0.15) is 12.1 Å². The van der Waals surface area contributed by atoms with Gasteiger partial charge >= 0.3 is 11.9 Å². The van der Waals surface area contributed by atoms with Crippen LogP contribution in [0.15, 0.2) is 42.7 Å². The first-order valence-corrected chi connectivity index (χ1v) is 8.67. The number of benzene rings is 2. The predicted octanol–water partition coefficient (Wildman–Crippen LogP) is 6.34. The third-order valence-electron chi connectivity index (χ3n) is 3.73. The van der Waals surface area contributed by atoms with Crippen LogP contribution in [0, 0.1) is 15.9 Å². The lowest BCUT2D eigenvalue weighted by molar-refractivity contribution is -0.383. The molecular weight excluding hydrogens is 453 g/mol. The largest absolute Gasteiger partial charge is 0.416 e. The van der Waals surface area contributed by atoms with Crippen molar-refractivity contribution in [2.45, 2.75) is 6.18 Å². The SMILES string of the molecule is O=[N+]([O-])c1c(Nc2ccc(F)c(Cl)c2)ncnc1Nc1cc(C(F)(F)F)ccc1Cl. The summed E-state index contributed by atoms with van der Waals surface area (Å²) in [6.07, 6.45) is -3.70. The number of hydrogen-bond donors (Lipinski definition) is 2. The molecule has 0 aliphatic heterocycles. The van der Waals surface area contributed by atoms with Crippen LogP contribution in [0.3, 0.4) is 0 Å². The van der Waals surface area contributed by atoms with Crippen molar-refractivity contribution in [2.75, 3.05) is 10.6 Å². The summed E-state index contributed by atoms with van der Waals surface area (Å²) in [6.45, 7) is 0. The molecule has 2 aromatic carbocycles. The van der Waals surface area contributed by atoms with E-state index in [-0.39, 0.29) is 27.2 Å². The van der Waals surface area contributed by atoms with Gasteiger partial charge in [-0.25, -0.2) is 14.4 Å². The second-order valence-corrected chi connectivity index (χ2v) is 6.56. The van der Waals surface area contributed by atoms with Crippen molar-refractivity contribution in [3.05, 3.63) is 74.3 Å². The third kappa shape index (κ3) is 4.69. The van der Waals surface area contributed by atoms with Gasteiger partial charge in [0, 0.05) is 5.69 Å². The number of rotatable bonds is 5. The lowest BCUT2D eigenvalue weighted by Crippen LogP contribution is -2.08. The summed E-state index contributed by atoms with van der Waals surface area (Å²) in [6, 6.07) is 5.95. The molecular formula is C17H9Cl2F4N5O2. The highest BCUT2D eigenvalue weighted by molar-refractivity contribution is 6.33. The fraction of sp³-hybridized carbons (Fsp3) is 0.0588. The van der Waals surface area contributed by atoms with E-state index in [0.717, 1.165) is 24.5 Å². The van der Waals surface area contributed by atoms with E-state index < -0.39 is 34.0 Å². The van der Waals surface area contributed by atoms with E-state index in [4.69, 9.17) is 23.2 Å². The predicted molar refractivity (Wildman–Crippen MR) is 103 cm³/mol. The molecule has 13 heteroatoms. The second kappa shape index (κ2) is 8.28. The number of alkyl halides is 3. The van der Waals surface area contributed by atoms with E-state index in [1.165, 1.54) is 12.1 Å². The van der Waals surface area contributed by atoms with Crippen LogP contribution >= 0.6 is 23.2 Å². The van der Waals surface area contributed by atoms with Crippen molar-refractivity contribution in [3.8, 4) is 0 Å². The Morgan fingerprint density at radius 3 is 2.23 bits per heavy atom. The summed E-state index contributed by atoms with van der Waals surface area (Å²) in [5.41, 5.74) is -1.74. The Bertz CT molecular complexity index is 1130. The van der Waals surface area contributed by atoms with Crippen molar-refractivity contribution in [1.29, 1.82) is 0 Å². The minimum atomic E-state index is -4.65. The molecule has 0 amide bonds. The molecule has 30 heavy (non-hydrogen) atoms. The minimum Gasteiger partial charge on any atom is -0.334 e. The summed E-state index contributed by atoms with van der Waals surface area (Å²) in [7, 11) is 0. The first-order chi connectivity index (χ1) is 14.1. The third-order valence-corrected chi connectivity index (χ3v) is 4.35. The Balaban J connectivity index is 2.01. The van der Waals surface area contributed by atoms with Crippen molar-refractivity contribution < 1.29 is 22.5 Å². The maximum absolute atomic E-state index is 13.3. The van der Waals surface area contributed by atoms with Crippen LogP contribution in [0.2, 0.25) is 10.0 Å². The van der Waals surface area contributed by atoms with Gasteiger partial charge in [0.05, 0.1) is 26.2 Å². The van der Waals surface area contributed by atoms with E-state index >= 15 is 0 Å². The molecule has 0 aliphatic carbocycles. The van der Waals surface area contributed by atoms with Gasteiger partial charge in [-0.1, -0.05) is 23.2 Å². The van der Waals surface area contributed by atoms with E-state index in [9.17, 15) is 27.7 Å². The van der Waals surface area contributed by atoms with Crippen LogP contribution in [-0.2, 0) is 6.18 Å². The van der Waals surface area contributed by atoms with E-state index in [1.54, 1.807) is 0 Å². The molecule has 1 aromatic heterocycles. The molecule has 3 aromatic rings. The molecule has 0 bridgehead atoms. The van der Waals surface area contributed by atoms with Gasteiger partial charge in [-0.3, -0.25) is 10.1 Å². The summed E-state index contributed by atoms with van der Waals surface area (Å²) in [5, 5.41) is 16.3. The normalized spacial score (nSPS) is 11.3. The molecule has 2 N–H and O–H groups in total. The lowest BCUT2D eigenvalue weighted by atomic mass is 10.2. The fourth-order valence-corrected chi connectivity index (χ4v) is 2.72. The summed E-state index contributed by atoms with van der Waals surface area (Å²) < 4.78 is 52.2. The zero-order valence-corrected chi connectivity index (χ0v) is 16.0. The average Bonchev–Trinajstić information content (AvgIpc) is 2.65. The second-order valence-electron chi connectivity index (χ2n) is 5.75. The smallest absolute Gasteiger partial charge is 0.334 e. The van der Waals surface area contributed by atoms with Gasteiger partial charge in [-0.2, -0.15) is 13.2 Å². The van der Waals surface area contributed by atoms with Crippen LogP contribution in [0.1, 0.15) is 5.56 Å². The number of hydrogen-bond acceptors (Lipinski definition) is 6. The van der Waals surface area contributed by atoms with Crippen LogP contribution in [-0.4, -0.2) is 14.9 Å². The zero-order chi connectivity index (χ0) is 22.1. The van der Waals surface area contributed by atoms with E-state index in [1.807, 2.05) is 0 Å². The Morgan fingerprint density at radius 1 is 0.967 bits per heavy atom. The van der Waals surface area contributed by atoms with Crippen molar-refractivity contribution in [3.63, 3.8) is 0 Å². The van der Waals surface area contributed by atoms with E-state index in [2.05, 4.69) is 20.6 Å². The maximum Gasteiger partial charge on any atom is 0.416 e. The maximum atomic E-state index is 13.3. The van der Waals surface area contributed by atoms with Gasteiger partial charge in [0.25, 0.3) is 0 Å². The first kappa shape index (κ1) is 21.5. The van der Waals surface area contributed by atoms with Gasteiger partial charge in [-0.05, 0) is 36.4 Å². The van der Waals surface area contributed by atoms with Crippen molar-refractivity contribution in [1.82, 2.24) is 9.97 Å². The zero-order valence-electron chi connectivity index (χ0n) is 14.5. The quantitative estimate of drug-likeness (QED) is 0.261. The molecule has 1 heterocycles. The number of nitrogens with zero attached hydrogens (tertiary/aromatic N) is 3. The molecule has 0 atom stereocenters. The minimum absolute atomic E-state index is 0.115. The highest BCUT2D eigenvalue weighted by atomic mass is 35.5.